The third-order valence-electron chi connectivity index (χ3n) is 15.8. The molecule has 0 unspecified atom stereocenters. The Morgan fingerprint density at radius 1 is 0.795 bits per heavy atom. The molecule has 6 N–H and O–H groups in total. The lowest BCUT2D eigenvalue weighted by atomic mass is 10.0. The number of rotatable bonds is 24. The van der Waals surface area contributed by atoms with Gasteiger partial charge in [-0.15, -0.1) is 11.8 Å². The lowest BCUT2D eigenvalue weighted by Gasteiger charge is -2.31. The number of carbonyl (C=O) groups excluding carboxylic acids is 7. The first-order valence-electron chi connectivity index (χ1n) is 29.0. The number of fused-ring (bicyclic) bond motifs is 5. The van der Waals surface area contributed by atoms with Crippen molar-refractivity contribution in [2.24, 2.45) is 22.7 Å². The number of hydrogen-bond acceptors (Lipinski definition) is 18. The first kappa shape index (κ1) is 63.8. The molecule has 27 heteroatoms. The minimum absolute atomic E-state index is 0.0132. The molecule has 3 aromatic carbocycles. The Labute approximate surface area is 509 Å². The molecular weight excluding hydrogens is 1160 g/mol. The minimum Gasteiger partial charge on any atom is -0.493 e. The molecule has 3 fully saturated rings. The highest BCUT2D eigenvalue weighted by atomic mass is 32.2. The van der Waals surface area contributed by atoms with Gasteiger partial charge in [0.2, 0.25) is 17.7 Å². The van der Waals surface area contributed by atoms with Gasteiger partial charge >= 0.3 is 22.4 Å². The summed E-state index contributed by atoms with van der Waals surface area (Å²) in [5.74, 6) is 4.52. The van der Waals surface area contributed by atoms with Crippen molar-refractivity contribution < 1.29 is 80.2 Å². The summed E-state index contributed by atoms with van der Waals surface area (Å²) in [6, 6.07) is 9.28. The number of aliphatic hydroxyl groups is 1. The van der Waals surface area contributed by atoms with Crippen molar-refractivity contribution in [3.8, 4) is 34.8 Å². The quantitative estimate of drug-likeness (QED) is 0.0404. The standard InChI is InChI=1S/C61H73N9O17S/c1-34(2)53(66-52(71)33-83-22-19-63-88(79,80)67-60(77)87-54-41-13-10-8-9-11-14-42(41)54)56(73)64-37(5)55(72)65-39-17-15-38(16-18-39)32-86-61(78)70-46-28-51(49(82-7)26-44(46)58(75)69-31-36(4)24-47(69)59(70)76)85-21-12-20-84-50-27-45-43(25-48(50)81-6)57(74)68-30-35(3)23-40(68)29-62-45/h15-18,25-29,34,37,40-42,47,53-54,59,63,76H,3-4,10-14,19-24,30-33H2,1-2,5-7H3,(H,64,73)(H,65,72)(H,66,71)(H,67,77)/t37-,40-,41-,42+,47-,53-,54-,59-/m0/s1. The number of aliphatic imine (C=N–C) groups is 1. The fraction of sp³-hybridized carbons (Fsp3) is 0.475. The SMILES string of the molecule is C=C1C[C@H]2C=Nc3cc(OCCCOc4cc5c(cc4OC)C(=O)N4CC(=C)C[C@H]4[C@H](O)N5C(=O)OCc4ccc(NC(=O)[C@H](C)NC(=O)[C@@H](NC(=O)COCCNS(=O)(=O)NC(=O)O[C@@H]5[C@@H]6CCC#CCC[C@@H]65)C(C)C)cc4)c(OC)cc3C(=O)N2C1. The second-order valence-electron chi connectivity index (χ2n) is 22.5. The van der Waals surface area contributed by atoms with Gasteiger partial charge in [0.25, 0.3) is 11.8 Å². The van der Waals surface area contributed by atoms with Crippen molar-refractivity contribution in [3.05, 3.63) is 89.5 Å². The Balaban J connectivity index is 0.740. The van der Waals surface area contributed by atoms with Crippen molar-refractivity contribution in [1.29, 1.82) is 0 Å². The van der Waals surface area contributed by atoms with E-state index in [1.54, 1.807) is 61.4 Å². The van der Waals surface area contributed by atoms with E-state index in [1.807, 2.05) is 4.72 Å². The first-order chi connectivity index (χ1) is 42.1. The maximum absolute atomic E-state index is 14.2. The van der Waals surface area contributed by atoms with E-state index in [9.17, 15) is 47.1 Å². The van der Waals surface area contributed by atoms with Crippen LogP contribution in [0.25, 0.3) is 0 Å². The molecule has 4 aliphatic heterocycles. The van der Waals surface area contributed by atoms with Gasteiger partial charge in [-0.25, -0.2) is 19.2 Å². The van der Waals surface area contributed by atoms with Crippen LogP contribution in [0.2, 0.25) is 0 Å². The van der Waals surface area contributed by atoms with E-state index in [0.717, 1.165) is 23.3 Å². The number of benzene rings is 3. The number of ether oxygens (including phenoxy) is 7. The number of anilines is 2. The number of methoxy groups -OCH3 is 2. The van der Waals surface area contributed by atoms with Crippen LogP contribution in [0.4, 0.5) is 26.7 Å². The number of nitrogens with one attached hydrogen (secondary N) is 5. The molecular formula is C61H73N9O17S. The van der Waals surface area contributed by atoms with Crippen LogP contribution >= 0.6 is 0 Å². The first-order valence-corrected chi connectivity index (χ1v) is 30.5. The molecule has 470 valence electrons. The number of hydrogen-bond donors (Lipinski definition) is 6. The van der Waals surface area contributed by atoms with Crippen LogP contribution in [0.5, 0.6) is 23.0 Å². The predicted octanol–water partition coefficient (Wildman–Crippen LogP) is 4.64. The van der Waals surface area contributed by atoms with Crippen molar-refractivity contribution in [3.63, 3.8) is 0 Å². The Kier molecular flexibility index (Phi) is 20.3. The predicted molar refractivity (Wildman–Crippen MR) is 319 cm³/mol. The maximum Gasteiger partial charge on any atom is 0.422 e. The van der Waals surface area contributed by atoms with Gasteiger partial charge in [-0.3, -0.25) is 29.0 Å². The lowest BCUT2D eigenvalue weighted by molar-refractivity contribution is -0.133. The molecule has 2 aliphatic carbocycles. The monoisotopic (exact) mass is 1240 g/mol. The summed E-state index contributed by atoms with van der Waals surface area (Å²) in [7, 11) is -1.40. The molecule has 4 heterocycles. The average Bonchev–Trinajstić information content (AvgIpc) is 1.96. The molecule has 3 aromatic rings. The van der Waals surface area contributed by atoms with Gasteiger partial charge in [0, 0.05) is 74.8 Å². The van der Waals surface area contributed by atoms with E-state index in [-0.39, 0.29) is 98.6 Å². The Morgan fingerprint density at radius 2 is 1.43 bits per heavy atom. The zero-order valence-corrected chi connectivity index (χ0v) is 50.4. The van der Waals surface area contributed by atoms with Gasteiger partial charge < -0.3 is 64.0 Å². The van der Waals surface area contributed by atoms with Crippen LogP contribution in [-0.4, -0.2) is 168 Å². The van der Waals surface area contributed by atoms with Crippen LogP contribution in [0.3, 0.4) is 0 Å². The zero-order chi connectivity index (χ0) is 63.0. The molecule has 0 radical (unpaired) electrons. The zero-order valence-electron chi connectivity index (χ0n) is 49.6. The summed E-state index contributed by atoms with van der Waals surface area (Å²) in [6.45, 7) is 12.4. The van der Waals surface area contributed by atoms with Gasteiger partial charge in [0.15, 0.2) is 29.2 Å². The largest absolute Gasteiger partial charge is 0.493 e. The van der Waals surface area contributed by atoms with Gasteiger partial charge in [-0.2, -0.15) is 13.1 Å². The molecule has 9 rings (SSSR count). The molecule has 7 amide bonds. The number of carbonyl (C=O) groups is 7. The highest BCUT2D eigenvalue weighted by molar-refractivity contribution is 7.88. The van der Waals surface area contributed by atoms with E-state index in [2.05, 4.69) is 50.7 Å². The smallest absolute Gasteiger partial charge is 0.422 e. The van der Waals surface area contributed by atoms with Crippen LogP contribution in [0.1, 0.15) is 92.0 Å². The maximum atomic E-state index is 14.2. The highest BCUT2D eigenvalue weighted by Gasteiger charge is 2.52. The second-order valence-corrected chi connectivity index (χ2v) is 24.0. The van der Waals surface area contributed by atoms with Crippen molar-refractivity contribution in [2.45, 2.75) is 109 Å². The molecule has 26 nitrogen and oxygen atoms in total. The third kappa shape index (κ3) is 15.2. The number of nitrogens with zero attached hydrogens (tertiary/aromatic N) is 4. The van der Waals surface area contributed by atoms with Crippen molar-refractivity contribution in [1.82, 2.24) is 29.9 Å². The van der Waals surface area contributed by atoms with E-state index in [1.165, 1.54) is 38.2 Å². The molecule has 0 spiro atoms. The summed E-state index contributed by atoms with van der Waals surface area (Å²) in [5, 5.41) is 19.8. The van der Waals surface area contributed by atoms with Crippen LogP contribution < -0.4 is 49.2 Å². The van der Waals surface area contributed by atoms with Gasteiger partial charge in [0.1, 0.15) is 31.4 Å². The minimum atomic E-state index is -4.29. The Hall–Kier alpha value is -8.71. The topological polar surface area (TPSA) is 321 Å². The number of aliphatic hydroxyl groups excluding tert-OH is 1. The summed E-state index contributed by atoms with van der Waals surface area (Å²) < 4.78 is 68.8. The highest BCUT2D eigenvalue weighted by Crippen LogP contribution is 2.49. The molecule has 2 saturated heterocycles. The normalized spacial score (nSPS) is 21.4. The molecule has 0 bridgehead atoms. The van der Waals surface area contributed by atoms with Crippen LogP contribution in [-0.2, 0) is 45.4 Å². The molecule has 6 aliphatic rings. The van der Waals surface area contributed by atoms with Crippen LogP contribution in [0, 0.1) is 29.6 Å². The van der Waals surface area contributed by atoms with E-state index in [0.29, 0.717) is 71.8 Å². The van der Waals surface area contributed by atoms with Crippen molar-refractivity contribution in [2.75, 3.05) is 70.5 Å². The molecule has 0 aromatic heterocycles. The van der Waals surface area contributed by atoms with E-state index < -0.39 is 82.9 Å². The average molecular weight is 1240 g/mol. The van der Waals surface area contributed by atoms with Crippen molar-refractivity contribution >= 4 is 75.2 Å². The molecule has 8 atom stereocenters. The summed E-state index contributed by atoms with van der Waals surface area (Å²) in [6.07, 6.45) is 1.90. The fourth-order valence-corrected chi connectivity index (χ4v) is 11.9. The van der Waals surface area contributed by atoms with Gasteiger partial charge in [-0.1, -0.05) is 50.3 Å². The summed E-state index contributed by atoms with van der Waals surface area (Å²) >= 11 is 0. The molecule has 1 saturated carbocycles. The van der Waals surface area contributed by atoms with E-state index >= 15 is 0 Å². The molecule has 88 heavy (non-hydrogen) atoms. The fourth-order valence-electron chi connectivity index (χ4n) is 11.2. The van der Waals surface area contributed by atoms with Gasteiger partial charge in [-0.05, 0) is 68.4 Å². The third-order valence-corrected chi connectivity index (χ3v) is 16.8. The second kappa shape index (κ2) is 28.0. The van der Waals surface area contributed by atoms with Gasteiger partial charge in [0.05, 0.1) is 68.6 Å². The Bertz CT molecular complexity index is 3420. The summed E-state index contributed by atoms with van der Waals surface area (Å²) in [4.78, 5) is 102. The number of amides is 7. The lowest BCUT2D eigenvalue weighted by Crippen LogP contribution is -2.54. The van der Waals surface area contributed by atoms with Crippen LogP contribution in [0.15, 0.2) is 77.8 Å². The summed E-state index contributed by atoms with van der Waals surface area (Å²) in [5.41, 5.74) is 3.36. The Morgan fingerprint density at radius 3 is 2.10 bits per heavy atom. The van der Waals surface area contributed by atoms with E-state index in [4.69, 9.17) is 33.2 Å².